The molecule has 0 fully saturated rings. The number of hydrogen-bond donors (Lipinski definition) is 1. The Morgan fingerprint density at radius 3 is 2.79 bits per heavy atom. The molecule has 0 radical (unpaired) electrons. The first-order chi connectivity index (χ1) is 14.1. The van der Waals surface area contributed by atoms with Crippen molar-refractivity contribution in [3.05, 3.63) is 56.7 Å². The molecule has 1 amide bonds. The predicted octanol–water partition coefficient (Wildman–Crippen LogP) is 4.33. The number of nitrogens with one attached hydrogen (secondary N) is 1. The van der Waals surface area contributed by atoms with E-state index in [9.17, 15) is 9.59 Å². The highest BCUT2D eigenvalue weighted by atomic mass is 32.2. The quantitative estimate of drug-likeness (QED) is 0.470. The lowest BCUT2D eigenvalue weighted by molar-refractivity contribution is -0.119. The van der Waals surface area contributed by atoms with Crippen LogP contribution in [0.3, 0.4) is 0 Å². The summed E-state index contributed by atoms with van der Waals surface area (Å²) in [6, 6.07) is 9.83. The van der Waals surface area contributed by atoms with Crippen LogP contribution < -0.4 is 10.9 Å². The summed E-state index contributed by atoms with van der Waals surface area (Å²) in [5, 5.41) is 4.46. The fraction of sp³-hybridized carbons (Fsp3) is 0.409. The van der Waals surface area contributed by atoms with E-state index in [0.29, 0.717) is 11.7 Å². The molecule has 4 rings (SSSR count). The van der Waals surface area contributed by atoms with E-state index in [1.165, 1.54) is 28.6 Å². The number of thiophene rings is 1. The molecule has 1 aliphatic carbocycles. The molecule has 1 atom stereocenters. The minimum absolute atomic E-state index is 0.0393. The summed E-state index contributed by atoms with van der Waals surface area (Å²) in [5.74, 6) is 0.175. The van der Waals surface area contributed by atoms with E-state index in [1.54, 1.807) is 15.9 Å². The summed E-state index contributed by atoms with van der Waals surface area (Å²) in [7, 11) is 0. The van der Waals surface area contributed by atoms with Gasteiger partial charge >= 0.3 is 0 Å². The van der Waals surface area contributed by atoms with Gasteiger partial charge in [0, 0.05) is 11.4 Å². The summed E-state index contributed by atoms with van der Waals surface area (Å²) >= 11 is 2.99. The number of rotatable bonds is 6. The molecule has 0 bridgehead atoms. The highest BCUT2D eigenvalue weighted by Gasteiger charge is 2.22. The summed E-state index contributed by atoms with van der Waals surface area (Å²) in [5.41, 5.74) is 2.32. The molecule has 7 heteroatoms. The normalized spacial score (nSPS) is 14.6. The van der Waals surface area contributed by atoms with Crippen LogP contribution in [0.25, 0.3) is 10.2 Å². The fourth-order valence-electron chi connectivity index (χ4n) is 3.85. The largest absolute Gasteiger partial charge is 0.349 e. The minimum atomic E-state index is -0.0613. The van der Waals surface area contributed by atoms with Crippen LogP contribution >= 0.6 is 23.1 Å². The van der Waals surface area contributed by atoms with Gasteiger partial charge in [0.25, 0.3) is 5.56 Å². The van der Waals surface area contributed by atoms with Crippen LogP contribution in [0.5, 0.6) is 0 Å². The molecule has 0 saturated carbocycles. The van der Waals surface area contributed by atoms with E-state index < -0.39 is 0 Å². The van der Waals surface area contributed by atoms with Gasteiger partial charge in [-0.25, -0.2) is 4.98 Å². The Kier molecular flexibility index (Phi) is 6.06. The van der Waals surface area contributed by atoms with Gasteiger partial charge in [-0.15, -0.1) is 11.3 Å². The van der Waals surface area contributed by atoms with Crippen molar-refractivity contribution in [2.45, 2.75) is 57.3 Å². The first-order valence-corrected chi connectivity index (χ1v) is 11.9. The predicted molar refractivity (Wildman–Crippen MR) is 120 cm³/mol. The zero-order valence-electron chi connectivity index (χ0n) is 16.7. The maximum atomic E-state index is 13.1. The van der Waals surface area contributed by atoms with Crippen LogP contribution in [-0.4, -0.2) is 21.2 Å². The van der Waals surface area contributed by atoms with Crippen LogP contribution in [0, 0.1) is 0 Å². The lowest BCUT2D eigenvalue weighted by Gasteiger charge is -2.15. The monoisotopic (exact) mass is 427 g/mol. The number of carbonyl (C=O) groups is 1. The Bertz CT molecular complexity index is 1090. The maximum Gasteiger partial charge on any atom is 0.263 e. The summed E-state index contributed by atoms with van der Waals surface area (Å²) < 4.78 is 1.71. The van der Waals surface area contributed by atoms with Gasteiger partial charge < -0.3 is 5.32 Å². The van der Waals surface area contributed by atoms with Crippen molar-refractivity contribution in [2.24, 2.45) is 0 Å². The molecule has 152 valence electrons. The van der Waals surface area contributed by atoms with Crippen LogP contribution in [0.2, 0.25) is 0 Å². The molecule has 2 aromatic heterocycles. The van der Waals surface area contributed by atoms with Crippen LogP contribution in [0.15, 0.2) is 40.3 Å². The van der Waals surface area contributed by atoms with Gasteiger partial charge in [0.05, 0.1) is 17.2 Å². The third-order valence-corrected chi connectivity index (χ3v) is 7.53. The molecule has 3 aromatic rings. The topological polar surface area (TPSA) is 64.0 Å². The van der Waals surface area contributed by atoms with E-state index in [2.05, 4.69) is 5.32 Å². The average Bonchev–Trinajstić information content (AvgIpc) is 3.11. The van der Waals surface area contributed by atoms with Crippen LogP contribution in [0.4, 0.5) is 0 Å². The highest BCUT2D eigenvalue weighted by molar-refractivity contribution is 7.99. The molecular formula is C22H25N3O2S2. The fourth-order valence-corrected chi connectivity index (χ4v) is 6.02. The zero-order valence-corrected chi connectivity index (χ0v) is 18.4. The second kappa shape index (κ2) is 8.71. The number of benzene rings is 1. The number of aryl methyl sites for hydroxylation is 2. The van der Waals surface area contributed by atoms with E-state index >= 15 is 0 Å². The standard InChI is InChI=1S/C22H25N3O2S2/c1-3-25-21(27)19-16-11-7-8-12-17(16)29-20(19)24-22(25)28-13-18(26)23-14(2)15-9-5-4-6-10-15/h4-6,9-10,14H,3,7-8,11-13H2,1-2H3,(H,23,26). The van der Waals surface area contributed by atoms with Crippen molar-refractivity contribution in [3.8, 4) is 0 Å². The number of fused-ring (bicyclic) bond motifs is 3. The molecular weight excluding hydrogens is 402 g/mol. The van der Waals surface area contributed by atoms with Crippen molar-refractivity contribution in [1.29, 1.82) is 0 Å². The summed E-state index contributed by atoms with van der Waals surface area (Å²) in [6.45, 7) is 4.48. The van der Waals surface area contributed by atoms with Gasteiger partial charge in [0.15, 0.2) is 5.16 Å². The minimum Gasteiger partial charge on any atom is -0.349 e. The van der Waals surface area contributed by atoms with E-state index in [0.717, 1.165) is 35.0 Å². The molecule has 0 spiro atoms. The van der Waals surface area contributed by atoms with Gasteiger partial charge in [-0.3, -0.25) is 14.2 Å². The molecule has 1 aliphatic rings. The van der Waals surface area contributed by atoms with Gasteiger partial charge in [-0.2, -0.15) is 0 Å². The van der Waals surface area contributed by atoms with Crippen molar-refractivity contribution in [3.63, 3.8) is 0 Å². The Morgan fingerprint density at radius 2 is 2.03 bits per heavy atom. The Balaban J connectivity index is 1.53. The van der Waals surface area contributed by atoms with Crippen LogP contribution in [-0.2, 0) is 24.2 Å². The van der Waals surface area contributed by atoms with Crippen molar-refractivity contribution < 1.29 is 4.79 Å². The number of carbonyl (C=O) groups excluding carboxylic acids is 1. The molecule has 2 heterocycles. The molecule has 29 heavy (non-hydrogen) atoms. The number of nitrogens with zero attached hydrogens (tertiary/aromatic N) is 2. The molecule has 0 aliphatic heterocycles. The van der Waals surface area contributed by atoms with Gasteiger partial charge in [0.2, 0.25) is 5.91 Å². The lowest BCUT2D eigenvalue weighted by Crippen LogP contribution is -2.29. The number of aromatic nitrogens is 2. The summed E-state index contributed by atoms with van der Waals surface area (Å²) in [6.07, 6.45) is 4.34. The first kappa shape index (κ1) is 20.2. The first-order valence-electron chi connectivity index (χ1n) is 10.1. The maximum absolute atomic E-state index is 13.1. The lowest BCUT2D eigenvalue weighted by atomic mass is 9.97. The molecule has 1 unspecified atom stereocenters. The van der Waals surface area contributed by atoms with Crippen molar-refractivity contribution in [2.75, 3.05) is 5.75 Å². The second-order valence-electron chi connectivity index (χ2n) is 7.32. The highest BCUT2D eigenvalue weighted by Crippen LogP contribution is 2.34. The Labute approximate surface area is 178 Å². The van der Waals surface area contributed by atoms with Crippen molar-refractivity contribution in [1.82, 2.24) is 14.9 Å². The molecule has 1 aromatic carbocycles. The molecule has 0 saturated heterocycles. The van der Waals surface area contributed by atoms with Gasteiger partial charge in [-0.1, -0.05) is 42.1 Å². The smallest absolute Gasteiger partial charge is 0.263 e. The third kappa shape index (κ3) is 4.12. The molecule has 5 nitrogen and oxygen atoms in total. The van der Waals surface area contributed by atoms with E-state index in [1.807, 2.05) is 44.2 Å². The van der Waals surface area contributed by atoms with Gasteiger partial charge in [0.1, 0.15) is 4.83 Å². The number of thioether (sulfide) groups is 1. The zero-order chi connectivity index (χ0) is 20.4. The Morgan fingerprint density at radius 1 is 1.28 bits per heavy atom. The average molecular weight is 428 g/mol. The van der Waals surface area contributed by atoms with Gasteiger partial charge in [-0.05, 0) is 50.7 Å². The molecule has 1 N–H and O–H groups in total. The number of amides is 1. The Hall–Kier alpha value is -2.12. The number of hydrogen-bond acceptors (Lipinski definition) is 5. The van der Waals surface area contributed by atoms with E-state index in [-0.39, 0.29) is 23.3 Å². The summed E-state index contributed by atoms with van der Waals surface area (Å²) in [4.78, 5) is 32.5. The third-order valence-electron chi connectivity index (χ3n) is 5.37. The second-order valence-corrected chi connectivity index (χ2v) is 9.35. The van der Waals surface area contributed by atoms with Crippen molar-refractivity contribution >= 4 is 39.2 Å². The van der Waals surface area contributed by atoms with E-state index in [4.69, 9.17) is 4.98 Å². The van der Waals surface area contributed by atoms with Crippen LogP contribution in [0.1, 0.15) is 48.7 Å². The SMILES string of the molecule is CCn1c(SCC(=O)NC(C)c2ccccc2)nc2sc3c(c2c1=O)CCCC3.